The Balaban J connectivity index is 1.44. The maximum absolute atomic E-state index is 12.2. The van der Waals surface area contributed by atoms with Crippen LogP contribution in [0.2, 0.25) is 0 Å². The molecular formula is C22H28N2OS. The van der Waals surface area contributed by atoms with E-state index in [1.165, 1.54) is 49.0 Å². The molecule has 3 rings (SSSR count). The molecule has 1 aliphatic rings. The van der Waals surface area contributed by atoms with Gasteiger partial charge in [0.05, 0.1) is 5.75 Å². The van der Waals surface area contributed by atoms with E-state index in [0.717, 1.165) is 12.3 Å². The number of amides is 1. The van der Waals surface area contributed by atoms with Crippen molar-refractivity contribution in [3.05, 3.63) is 71.3 Å². The second-order valence-electron chi connectivity index (χ2n) is 6.86. The van der Waals surface area contributed by atoms with Crippen LogP contribution < -0.4 is 5.32 Å². The number of likely N-dealkylation sites (tertiary alicyclic amines) is 1. The summed E-state index contributed by atoms with van der Waals surface area (Å²) in [5, 5.41) is 3.08. The molecule has 1 aliphatic heterocycles. The fourth-order valence-electron chi connectivity index (χ4n) is 3.32. The summed E-state index contributed by atoms with van der Waals surface area (Å²) in [4.78, 5) is 14.7. The van der Waals surface area contributed by atoms with Gasteiger partial charge in [0.25, 0.3) is 0 Å². The molecule has 0 aromatic heterocycles. The van der Waals surface area contributed by atoms with Crippen LogP contribution in [0.1, 0.15) is 36.0 Å². The lowest BCUT2D eigenvalue weighted by atomic mass is 10.0. The molecule has 1 amide bonds. The zero-order chi connectivity index (χ0) is 18.0. The minimum atomic E-state index is 0.110. The van der Waals surface area contributed by atoms with Gasteiger partial charge in [0.2, 0.25) is 5.91 Å². The average molecular weight is 369 g/mol. The van der Waals surface area contributed by atoms with E-state index in [1.807, 2.05) is 18.2 Å². The second-order valence-corrected chi connectivity index (χ2v) is 7.85. The molecule has 1 saturated heterocycles. The van der Waals surface area contributed by atoms with Crippen molar-refractivity contribution >= 4 is 17.7 Å². The Morgan fingerprint density at radius 2 is 1.62 bits per heavy atom. The topological polar surface area (TPSA) is 32.3 Å². The number of benzene rings is 2. The molecule has 1 N–H and O–H groups in total. The van der Waals surface area contributed by atoms with Gasteiger partial charge in [-0.2, -0.15) is 0 Å². The molecule has 3 nitrogen and oxygen atoms in total. The Kier molecular flexibility index (Phi) is 7.59. The van der Waals surface area contributed by atoms with Crippen molar-refractivity contribution < 1.29 is 4.79 Å². The van der Waals surface area contributed by atoms with Crippen LogP contribution in [0.15, 0.2) is 54.6 Å². The maximum atomic E-state index is 12.2. The molecule has 0 saturated carbocycles. The van der Waals surface area contributed by atoms with E-state index in [9.17, 15) is 4.79 Å². The van der Waals surface area contributed by atoms with Crippen LogP contribution in [0.5, 0.6) is 0 Å². The van der Waals surface area contributed by atoms with Gasteiger partial charge in [0.15, 0.2) is 0 Å². The molecule has 2 aromatic rings. The summed E-state index contributed by atoms with van der Waals surface area (Å²) >= 11 is 1.66. The van der Waals surface area contributed by atoms with E-state index in [1.54, 1.807) is 11.8 Å². The SMILES string of the molecule is O=C(CSCc1ccccc1)NCc1ccccc1CN1CCCCC1. The first kappa shape index (κ1) is 19.0. The van der Waals surface area contributed by atoms with Crippen molar-refractivity contribution in [1.82, 2.24) is 10.2 Å². The van der Waals surface area contributed by atoms with Gasteiger partial charge in [-0.3, -0.25) is 9.69 Å². The second kappa shape index (κ2) is 10.4. The summed E-state index contributed by atoms with van der Waals surface area (Å²) in [5.74, 6) is 1.49. The first-order valence-electron chi connectivity index (χ1n) is 9.49. The van der Waals surface area contributed by atoms with E-state index in [-0.39, 0.29) is 5.91 Å². The third kappa shape index (κ3) is 6.19. The van der Waals surface area contributed by atoms with Gasteiger partial charge < -0.3 is 5.32 Å². The third-order valence-electron chi connectivity index (χ3n) is 4.78. The highest BCUT2D eigenvalue weighted by Crippen LogP contribution is 2.16. The Bertz CT molecular complexity index is 684. The summed E-state index contributed by atoms with van der Waals surface area (Å²) in [6, 6.07) is 18.8. The molecule has 1 heterocycles. The van der Waals surface area contributed by atoms with Gasteiger partial charge in [-0.1, -0.05) is 61.0 Å². The van der Waals surface area contributed by atoms with Gasteiger partial charge in [-0.05, 0) is 42.6 Å². The summed E-state index contributed by atoms with van der Waals surface area (Å²) < 4.78 is 0. The molecule has 0 spiro atoms. The quantitative estimate of drug-likeness (QED) is 0.757. The molecule has 0 atom stereocenters. The summed E-state index contributed by atoms with van der Waals surface area (Å²) in [6.45, 7) is 4.00. The number of rotatable bonds is 8. The van der Waals surface area contributed by atoms with E-state index >= 15 is 0 Å². The number of nitrogens with one attached hydrogen (secondary N) is 1. The van der Waals surface area contributed by atoms with Crippen LogP contribution in [0.25, 0.3) is 0 Å². The third-order valence-corrected chi connectivity index (χ3v) is 5.79. The monoisotopic (exact) mass is 368 g/mol. The van der Waals surface area contributed by atoms with Gasteiger partial charge in [0, 0.05) is 18.8 Å². The molecule has 2 aromatic carbocycles. The number of thioether (sulfide) groups is 1. The number of hydrogen-bond donors (Lipinski definition) is 1. The Morgan fingerprint density at radius 3 is 2.38 bits per heavy atom. The molecule has 1 fully saturated rings. The van der Waals surface area contributed by atoms with Gasteiger partial charge in [-0.15, -0.1) is 11.8 Å². The molecule has 0 radical (unpaired) electrons. The molecule has 0 aliphatic carbocycles. The summed E-state index contributed by atoms with van der Waals surface area (Å²) in [7, 11) is 0. The van der Waals surface area contributed by atoms with Crippen LogP contribution in [-0.2, 0) is 23.6 Å². The van der Waals surface area contributed by atoms with Crippen molar-refractivity contribution in [3.63, 3.8) is 0 Å². The first-order valence-corrected chi connectivity index (χ1v) is 10.6. The van der Waals surface area contributed by atoms with E-state index in [2.05, 4.69) is 46.6 Å². The van der Waals surface area contributed by atoms with Crippen molar-refractivity contribution in [1.29, 1.82) is 0 Å². The van der Waals surface area contributed by atoms with Crippen molar-refractivity contribution in [2.24, 2.45) is 0 Å². The smallest absolute Gasteiger partial charge is 0.230 e. The minimum absolute atomic E-state index is 0.110. The maximum Gasteiger partial charge on any atom is 0.230 e. The highest BCUT2D eigenvalue weighted by Gasteiger charge is 2.12. The zero-order valence-electron chi connectivity index (χ0n) is 15.3. The molecular weight excluding hydrogens is 340 g/mol. The Morgan fingerprint density at radius 1 is 0.923 bits per heavy atom. The minimum Gasteiger partial charge on any atom is -0.351 e. The van der Waals surface area contributed by atoms with E-state index in [4.69, 9.17) is 0 Å². The van der Waals surface area contributed by atoms with E-state index in [0.29, 0.717) is 12.3 Å². The van der Waals surface area contributed by atoms with E-state index < -0.39 is 0 Å². The van der Waals surface area contributed by atoms with Crippen LogP contribution >= 0.6 is 11.8 Å². The number of carbonyl (C=O) groups is 1. The van der Waals surface area contributed by atoms with Gasteiger partial charge >= 0.3 is 0 Å². The Labute approximate surface area is 161 Å². The van der Waals surface area contributed by atoms with Crippen LogP contribution in [-0.4, -0.2) is 29.6 Å². The highest BCUT2D eigenvalue weighted by atomic mass is 32.2. The number of hydrogen-bond acceptors (Lipinski definition) is 3. The molecule has 26 heavy (non-hydrogen) atoms. The van der Waals surface area contributed by atoms with Crippen molar-refractivity contribution in [2.45, 2.75) is 38.1 Å². The summed E-state index contributed by atoms with van der Waals surface area (Å²) in [5.41, 5.74) is 3.84. The predicted octanol–water partition coefficient (Wildman–Crippen LogP) is 4.22. The molecule has 138 valence electrons. The Hall–Kier alpha value is -1.78. The average Bonchev–Trinajstić information content (AvgIpc) is 2.69. The number of nitrogens with zero attached hydrogens (tertiary/aromatic N) is 1. The lowest BCUT2D eigenvalue weighted by Gasteiger charge is -2.27. The van der Waals surface area contributed by atoms with Crippen LogP contribution in [0.4, 0.5) is 0 Å². The van der Waals surface area contributed by atoms with Crippen LogP contribution in [0, 0.1) is 0 Å². The predicted molar refractivity (Wildman–Crippen MR) is 110 cm³/mol. The van der Waals surface area contributed by atoms with Crippen molar-refractivity contribution in [2.75, 3.05) is 18.8 Å². The molecule has 0 unspecified atom stereocenters. The highest BCUT2D eigenvalue weighted by molar-refractivity contribution is 7.99. The van der Waals surface area contributed by atoms with Crippen molar-refractivity contribution in [3.8, 4) is 0 Å². The van der Waals surface area contributed by atoms with Gasteiger partial charge in [-0.25, -0.2) is 0 Å². The molecule has 0 bridgehead atoms. The lowest BCUT2D eigenvalue weighted by Crippen LogP contribution is -2.30. The normalized spacial score (nSPS) is 14.9. The lowest BCUT2D eigenvalue weighted by molar-refractivity contribution is -0.118. The summed E-state index contributed by atoms with van der Waals surface area (Å²) in [6.07, 6.45) is 3.96. The number of carbonyl (C=O) groups excluding carboxylic acids is 1. The van der Waals surface area contributed by atoms with Crippen LogP contribution in [0.3, 0.4) is 0 Å². The standard InChI is InChI=1S/C22H28N2OS/c25-22(18-26-17-19-9-3-1-4-10-19)23-15-20-11-5-6-12-21(20)16-24-13-7-2-8-14-24/h1,3-6,9-12H,2,7-8,13-18H2,(H,23,25). The zero-order valence-corrected chi connectivity index (χ0v) is 16.1. The number of piperidine rings is 1. The van der Waals surface area contributed by atoms with Gasteiger partial charge in [0.1, 0.15) is 0 Å². The fourth-order valence-corrected chi connectivity index (χ4v) is 4.14. The largest absolute Gasteiger partial charge is 0.351 e. The first-order chi connectivity index (χ1) is 12.8. The fraction of sp³-hybridized carbons (Fsp3) is 0.409. The molecule has 4 heteroatoms.